The molecule has 2 aliphatic rings. The van der Waals surface area contributed by atoms with E-state index in [2.05, 4.69) is 22.3 Å². The van der Waals surface area contributed by atoms with E-state index in [1.54, 1.807) is 0 Å². The molecule has 2 amide bonds. The number of nitrogens with zero attached hydrogens (tertiary/aromatic N) is 3. The Hall–Kier alpha value is -1.56. The molecular formula is C17H28N4O2. The molecule has 1 N–H and O–H groups in total. The van der Waals surface area contributed by atoms with Gasteiger partial charge in [0.2, 0.25) is 0 Å². The number of carbonyl (C=O) groups is 1. The monoisotopic (exact) mass is 320 g/mol. The Morgan fingerprint density at radius 1 is 1.35 bits per heavy atom. The van der Waals surface area contributed by atoms with Gasteiger partial charge in [-0.05, 0) is 46.1 Å². The number of rotatable bonds is 4. The van der Waals surface area contributed by atoms with Crippen LogP contribution in [0.4, 0.5) is 4.79 Å². The predicted molar refractivity (Wildman–Crippen MR) is 88.2 cm³/mol. The first-order valence-electron chi connectivity index (χ1n) is 8.87. The van der Waals surface area contributed by atoms with E-state index in [1.165, 1.54) is 19.3 Å². The summed E-state index contributed by atoms with van der Waals surface area (Å²) in [5, 5.41) is 7.03. The lowest BCUT2D eigenvalue weighted by atomic mass is 10.0. The second-order valence-corrected chi connectivity index (χ2v) is 6.83. The third-order valence-corrected chi connectivity index (χ3v) is 5.10. The highest BCUT2D eigenvalue weighted by Crippen LogP contribution is 2.32. The van der Waals surface area contributed by atoms with Crippen LogP contribution in [0.3, 0.4) is 0 Å². The summed E-state index contributed by atoms with van der Waals surface area (Å²) in [6, 6.07) is 2.62. The average molecular weight is 320 g/mol. The molecule has 2 saturated heterocycles. The van der Waals surface area contributed by atoms with Crippen LogP contribution in [0.1, 0.15) is 56.5 Å². The maximum atomic E-state index is 12.5. The van der Waals surface area contributed by atoms with Crippen LogP contribution in [-0.4, -0.2) is 53.2 Å². The molecule has 1 aromatic heterocycles. The second-order valence-electron chi connectivity index (χ2n) is 6.83. The molecule has 0 radical (unpaired) electrons. The van der Waals surface area contributed by atoms with Crippen LogP contribution >= 0.6 is 0 Å². The number of amides is 2. The van der Waals surface area contributed by atoms with Crippen molar-refractivity contribution >= 4 is 6.03 Å². The molecule has 6 heteroatoms. The van der Waals surface area contributed by atoms with E-state index < -0.39 is 0 Å². The summed E-state index contributed by atoms with van der Waals surface area (Å²) in [7, 11) is 0. The van der Waals surface area contributed by atoms with Gasteiger partial charge in [-0.1, -0.05) is 11.6 Å². The number of nitrogens with one attached hydrogen (secondary N) is 1. The standard InChI is InChI=1S/C17H28N4O2/c1-13-12-16(23-19-13)15-7-5-10-21(15)17(22)18-8-11-20-9-4-3-6-14(20)2/h12,14-15H,3-11H2,1-2H3,(H,18,22)/t14-,15+/m0/s1. The zero-order valence-electron chi connectivity index (χ0n) is 14.3. The number of urea groups is 1. The van der Waals surface area contributed by atoms with Gasteiger partial charge in [0, 0.05) is 31.7 Å². The van der Waals surface area contributed by atoms with Crippen LogP contribution in [0.5, 0.6) is 0 Å². The Labute approximate surface area is 138 Å². The van der Waals surface area contributed by atoms with Crippen molar-refractivity contribution in [3.8, 4) is 0 Å². The van der Waals surface area contributed by atoms with E-state index in [4.69, 9.17) is 4.52 Å². The number of carbonyl (C=O) groups excluding carboxylic acids is 1. The molecule has 0 aliphatic carbocycles. The quantitative estimate of drug-likeness (QED) is 0.926. The fourth-order valence-electron chi connectivity index (χ4n) is 3.74. The molecule has 0 aromatic carbocycles. The summed E-state index contributed by atoms with van der Waals surface area (Å²) >= 11 is 0. The number of likely N-dealkylation sites (tertiary alicyclic amines) is 2. The van der Waals surface area contributed by atoms with Gasteiger partial charge in [0.25, 0.3) is 0 Å². The van der Waals surface area contributed by atoms with Gasteiger partial charge in [0.05, 0.1) is 11.7 Å². The molecule has 0 spiro atoms. The molecule has 0 bridgehead atoms. The Morgan fingerprint density at radius 2 is 2.22 bits per heavy atom. The van der Waals surface area contributed by atoms with E-state index in [9.17, 15) is 4.79 Å². The second kappa shape index (κ2) is 7.34. The zero-order chi connectivity index (χ0) is 16.2. The molecule has 3 rings (SSSR count). The Balaban J connectivity index is 1.49. The topological polar surface area (TPSA) is 61.6 Å². The maximum Gasteiger partial charge on any atom is 0.318 e. The highest BCUT2D eigenvalue weighted by molar-refractivity contribution is 5.75. The third kappa shape index (κ3) is 3.86. The van der Waals surface area contributed by atoms with Crippen LogP contribution in [0, 0.1) is 6.92 Å². The summed E-state index contributed by atoms with van der Waals surface area (Å²) in [6.45, 7) is 7.78. The van der Waals surface area contributed by atoms with Gasteiger partial charge in [0.1, 0.15) is 0 Å². The lowest BCUT2D eigenvalue weighted by molar-refractivity contribution is 0.155. The van der Waals surface area contributed by atoms with Crippen LogP contribution < -0.4 is 5.32 Å². The number of aryl methyl sites for hydroxylation is 1. The van der Waals surface area contributed by atoms with Crippen molar-refractivity contribution in [2.75, 3.05) is 26.2 Å². The van der Waals surface area contributed by atoms with Crippen LogP contribution in [0.2, 0.25) is 0 Å². The van der Waals surface area contributed by atoms with E-state index in [0.717, 1.165) is 43.9 Å². The Kier molecular flexibility index (Phi) is 5.20. The molecule has 6 nitrogen and oxygen atoms in total. The zero-order valence-corrected chi connectivity index (χ0v) is 14.3. The first-order chi connectivity index (χ1) is 11.1. The lowest BCUT2D eigenvalue weighted by Crippen LogP contribution is -2.45. The van der Waals surface area contributed by atoms with Crippen molar-refractivity contribution in [2.24, 2.45) is 0 Å². The van der Waals surface area contributed by atoms with Crippen LogP contribution in [-0.2, 0) is 0 Å². The molecular weight excluding hydrogens is 292 g/mol. The molecule has 2 atom stereocenters. The van der Waals surface area contributed by atoms with Crippen molar-refractivity contribution < 1.29 is 9.32 Å². The fourth-order valence-corrected chi connectivity index (χ4v) is 3.74. The van der Waals surface area contributed by atoms with E-state index in [0.29, 0.717) is 12.6 Å². The summed E-state index contributed by atoms with van der Waals surface area (Å²) < 4.78 is 5.36. The Bertz CT molecular complexity index is 530. The van der Waals surface area contributed by atoms with Gasteiger partial charge in [-0.25, -0.2) is 4.79 Å². The van der Waals surface area contributed by atoms with Gasteiger partial charge in [0.15, 0.2) is 5.76 Å². The number of hydrogen-bond acceptors (Lipinski definition) is 4. The molecule has 128 valence electrons. The minimum absolute atomic E-state index is 0.0196. The van der Waals surface area contributed by atoms with Crippen LogP contribution in [0.15, 0.2) is 10.6 Å². The largest absolute Gasteiger partial charge is 0.359 e. The number of hydrogen-bond donors (Lipinski definition) is 1. The predicted octanol–water partition coefficient (Wildman–Crippen LogP) is 2.70. The van der Waals surface area contributed by atoms with Gasteiger partial charge < -0.3 is 14.7 Å². The summed E-state index contributed by atoms with van der Waals surface area (Å²) in [6.07, 6.45) is 5.84. The van der Waals surface area contributed by atoms with Gasteiger partial charge in [-0.3, -0.25) is 4.90 Å². The van der Waals surface area contributed by atoms with Gasteiger partial charge in [-0.15, -0.1) is 0 Å². The van der Waals surface area contributed by atoms with Crippen molar-refractivity contribution in [3.63, 3.8) is 0 Å². The molecule has 3 heterocycles. The molecule has 0 saturated carbocycles. The SMILES string of the molecule is Cc1cc([C@H]2CCCN2C(=O)NCCN2CCCC[C@@H]2C)on1. The third-order valence-electron chi connectivity index (χ3n) is 5.10. The fraction of sp³-hybridized carbons (Fsp3) is 0.765. The van der Waals surface area contributed by atoms with E-state index in [1.807, 2.05) is 17.9 Å². The minimum Gasteiger partial charge on any atom is -0.359 e. The van der Waals surface area contributed by atoms with Crippen molar-refractivity contribution in [1.82, 2.24) is 20.3 Å². The van der Waals surface area contributed by atoms with Crippen molar-refractivity contribution in [3.05, 3.63) is 17.5 Å². The maximum absolute atomic E-state index is 12.5. The lowest BCUT2D eigenvalue weighted by Gasteiger charge is -2.33. The highest BCUT2D eigenvalue weighted by atomic mass is 16.5. The van der Waals surface area contributed by atoms with Crippen LogP contribution in [0.25, 0.3) is 0 Å². The first-order valence-corrected chi connectivity index (χ1v) is 8.87. The average Bonchev–Trinajstić information content (AvgIpc) is 3.17. The molecule has 2 fully saturated rings. The first kappa shape index (κ1) is 16.3. The van der Waals surface area contributed by atoms with Crippen molar-refractivity contribution in [2.45, 2.75) is 58.0 Å². The summed E-state index contributed by atoms with van der Waals surface area (Å²) in [5.41, 5.74) is 0.867. The molecule has 1 aromatic rings. The summed E-state index contributed by atoms with van der Waals surface area (Å²) in [4.78, 5) is 16.9. The van der Waals surface area contributed by atoms with E-state index >= 15 is 0 Å². The van der Waals surface area contributed by atoms with E-state index in [-0.39, 0.29) is 12.1 Å². The van der Waals surface area contributed by atoms with Gasteiger partial charge >= 0.3 is 6.03 Å². The minimum atomic E-state index is 0.0196. The van der Waals surface area contributed by atoms with Gasteiger partial charge in [-0.2, -0.15) is 0 Å². The number of aromatic nitrogens is 1. The Morgan fingerprint density at radius 3 is 2.96 bits per heavy atom. The number of piperidine rings is 1. The molecule has 0 unspecified atom stereocenters. The molecule has 23 heavy (non-hydrogen) atoms. The normalized spacial score (nSPS) is 25.7. The highest BCUT2D eigenvalue weighted by Gasteiger charge is 2.32. The smallest absolute Gasteiger partial charge is 0.318 e. The van der Waals surface area contributed by atoms with Crippen molar-refractivity contribution in [1.29, 1.82) is 0 Å². The molecule has 2 aliphatic heterocycles. The summed E-state index contributed by atoms with van der Waals surface area (Å²) in [5.74, 6) is 0.805.